The Morgan fingerprint density at radius 1 is 1.30 bits per heavy atom. The van der Waals surface area contributed by atoms with Gasteiger partial charge in [0, 0.05) is 23.9 Å². The fourth-order valence-electron chi connectivity index (χ4n) is 1.75. The molecule has 0 amide bonds. The Morgan fingerprint density at radius 3 is 2.80 bits per heavy atom. The summed E-state index contributed by atoms with van der Waals surface area (Å²) in [5.41, 5.74) is 1.70. The highest BCUT2D eigenvalue weighted by atomic mass is 79.9. The van der Waals surface area contributed by atoms with E-state index in [0.717, 1.165) is 10.2 Å². The number of ether oxygens (including phenoxy) is 1. The minimum absolute atomic E-state index is 0.298. The van der Waals surface area contributed by atoms with Crippen LogP contribution in [-0.2, 0) is 6.54 Å². The first-order chi connectivity index (χ1) is 9.63. The van der Waals surface area contributed by atoms with E-state index in [2.05, 4.69) is 21.2 Å². The van der Waals surface area contributed by atoms with Gasteiger partial charge in [-0.05, 0) is 46.3 Å². The number of methoxy groups -OCH3 is 1. The number of rotatable bonds is 4. The highest BCUT2D eigenvalue weighted by Gasteiger charge is 2.05. The molecule has 0 heterocycles. The number of nitrogens with one attached hydrogen (secondary N) is 1. The summed E-state index contributed by atoms with van der Waals surface area (Å²) in [6.45, 7) is 0.298. The molecule has 0 unspecified atom stereocenters. The molecule has 0 aliphatic rings. The van der Waals surface area contributed by atoms with Crippen LogP contribution in [-0.4, -0.2) is 7.11 Å². The van der Waals surface area contributed by atoms with Crippen LogP contribution >= 0.6 is 15.9 Å². The first-order valence-corrected chi connectivity index (χ1v) is 6.69. The van der Waals surface area contributed by atoms with Crippen molar-refractivity contribution in [2.75, 3.05) is 12.4 Å². The van der Waals surface area contributed by atoms with Crippen molar-refractivity contribution in [1.29, 1.82) is 5.26 Å². The third kappa shape index (κ3) is 3.28. The number of anilines is 1. The predicted molar refractivity (Wildman–Crippen MR) is 79.1 cm³/mol. The Balaban J connectivity index is 2.15. The second kappa shape index (κ2) is 6.40. The minimum Gasteiger partial charge on any atom is -0.495 e. The van der Waals surface area contributed by atoms with E-state index < -0.39 is 0 Å². The van der Waals surface area contributed by atoms with Crippen molar-refractivity contribution in [2.45, 2.75) is 6.54 Å². The van der Waals surface area contributed by atoms with Gasteiger partial charge in [-0.2, -0.15) is 5.26 Å². The van der Waals surface area contributed by atoms with Crippen LogP contribution in [0.5, 0.6) is 5.75 Å². The van der Waals surface area contributed by atoms with Crippen LogP contribution in [0.15, 0.2) is 40.9 Å². The molecule has 0 spiro atoms. The summed E-state index contributed by atoms with van der Waals surface area (Å²) in [6, 6.07) is 11.8. The zero-order valence-electron chi connectivity index (χ0n) is 10.8. The number of nitrogens with zero attached hydrogens (tertiary/aromatic N) is 1. The number of halogens is 2. The molecule has 2 aromatic rings. The highest BCUT2D eigenvalue weighted by Crippen LogP contribution is 2.28. The van der Waals surface area contributed by atoms with Gasteiger partial charge in [-0.15, -0.1) is 0 Å². The second-order valence-corrected chi connectivity index (χ2v) is 4.98. The van der Waals surface area contributed by atoms with Crippen LogP contribution in [0, 0.1) is 17.1 Å². The molecule has 0 radical (unpaired) electrons. The lowest BCUT2D eigenvalue weighted by Gasteiger charge is -2.10. The summed E-state index contributed by atoms with van der Waals surface area (Å²) in [6.07, 6.45) is 0. The van der Waals surface area contributed by atoms with Crippen molar-refractivity contribution in [3.8, 4) is 11.8 Å². The maximum Gasteiger partial charge on any atom is 0.135 e. The Bertz CT molecular complexity index is 667. The van der Waals surface area contributed by atoms with Crippen LogP contribution < -0.4 is 10.1 Å². The van der Waals surface area contributed by atoms with E-state index in [1.807, 2.05) is 24.3 Å². The van der Waals surface area contributed by atoms with Gasteiger partial charge in [0.05, 0.1) is 23.2 Å². The molecule has 0 bridgehead atoms. The number of benzene rings is 2. The normalized spacial score (nSPS) is 9.90. The van der Waals surface area contributed by atoms with Crippen molar-refractivity contribution in [2.24, 2.45) is 0 Å². The van der Waals surface area contributed by atoms with Crippen molar-refractivity contribution in [3.63, 3.8) is 0 Å². The Labute approximate surface area is 125 Å². The molecule has 0 saturated heterocycles. The molecule has 0 atom stereocenters. The van der Waals surface area contributed by atoms with Crippen LogP contribution in [0.3, 0.4) is 0 Å². The fourth-order valence-corrected chi connectivity index (χ4v) is 2.16. The highest BCUT2D eigenvalue weighted by molar-refractivity contribution is 9.10. The molecule has 20 heavy (non-hydrogen) atoms. The molecular weight excluding hydrogens is 323 g/mol. The Morgan fingerprint density at radius 2 is 2.10 bits per heavy atom. The van der Waals surface area contributed by atoms with E-state index in [1.54, 1.807) is 13.2 Å². The molecule has 2 rings (SSSR count). The fraction of sp³-hybridized carbons (Fsp3) is 0.133. The lowest BCUT2D eigenvalue weighted by molar-refractivity contribution is 0.412. The van der Waals surface area contributed by atoms with Gasteiger partial charge in [0.1, 0.15) is 11.6 Å². The summed E-state index contributed by atoms with van der Waals surface area (Å²) in [5.74, 6) is 0.363. The van der Waals surface area contributed by atoms with Crippen molar-refractivity contribution < 1.29 is 9.13 Å². The minimum atomic E-state index is -0.333. The molecule has 0 aromatic heterocycles. The third-order valence-electron chi connectivity index (χ3n) is 2.81. The van der Waals surface area contributed by atoms with E-state index in [1.165, 1.54) is 12.1 Å². The molecule has 5 heteroatoms. The average Bonchev–Trinajstić information content (AvgIpc) is 2.47. The summed E-state index contributed by atoms with van der Waals surface area (Å²) in [4.78, 5) is 0. The van der Waals surface area contributed by atoms with Gasteiger partial charge in [0.15, 0.2) is 0 Å². The van der Waals surface area contributed by atoms with E-state index >= 15 is 0 Å². The van der Waals surface area contributed by atoms with E-state index in [0.29, 0.717) is 23.4 Å². The molecule has 2 aromatic carbocycles. The number of hydrogen-bond donors (Lipinski definition) is 1. The number of hydrogen-bond acceptors (Lipinski definition) is 3. The lowest BCUT2D eigenvalue weighted by Crippen LogP contribution is -2.02. The quantitative estimate of drug-likeness (QED) is 0.916. The van der Waals surface area contributed by atoms with Crippen LogP contribution in [0.4, 0.5) is 10.1 Å². The number of nitriles is 1. The van der Waals surface area contributed by atoms with E-state index in [-0.39, 0.29) is 5.82 Å². The predicted octanol–water partition coefficient (Wildman–Crippen LogP) is 4.08. The zero-order valence-corrected chi connectivity index (χ0v) is 12.4. The van der Waals surface area contributed by atoms with Gasteiger partial charge in [-0.25, -0.2) is 4.39 Å². The topological polar surface area (TPSA) is 45.0 Å². The first-order valence-electron chi connectivity index (χ1n) is 5.90. The SMILES string of the molecule is COc1cc(NCc2cc(C#N)ccc2F)ccc1Br. The molecule has 0 fully saturated rings. The average molecular weight is 335 g/mol. The van der Waals surface area contributed by atoms with Crippen LogP contribution in [0.2, 0.25) is 0 Å². The van der Waals surface area contributed by atoms with Gasteiger partial charge in [0.2, 0.25) is 0 Å². The van der Waals surface area contributed by atoms with Crippen molar-refractivity contribution >= 4 is 21.6 Å². The van der Waals surface area contributed by atoms with E-state index in [9.17, 15) is 4.39 Å². The van der Waals surface area contributed by atoms with Crippen molar-refractivity contribution in [3.05, 3.63) is 57.8 Å². The summed E-state index contributed by atoms with van der Waals surface area (Å²) in [5, 5.41) is 11.9. The van der Waals surface area contributed by atoms with Crippen molar-refractivity contribution in [1.82, 2.24) is 0 Å². The molecule has 102 valence electrons. The molecule has 0 aliphatic carbocycles. The standard InChI is InChI=1S/C15H12BrFN2O/c1-20-15-7-12(3-4-13(15)16)19-9-11-6-10(8-18)2-5-14(11)17/h2-7,19H,9H2,1H3. The molecule has 3 nitrogen and oxygen atoms in total. The second-order valence-electron chi connectivity index (χ2n) is 4.12. The molecule has 0 saturated carbocycles. The summed E-state index contributed by atoms with van der Waals surface area (Å²) >= 11 is 3.37. The largest absolute Gasteiger partial charge is 0.495 e. The third-order valence-corrected chi connectivity index (χ3v) is 3.46. The Kier molecular flexibility index (Phi) is 4.59. The maximum atomic E-state index is 13.6. The summed E-state index contributed by atoms with van der Waals surface area (Å²) in [7, 11) is 1.58. The first kappa shape index (κ1) is 14.4. The van der Waals surface area contributed by atoms with E-state index in [4.69, 9.17) is 10.00 Å². The van der Waals surface area contributed by atoms with Crippen LogP contribution in [0.25, 0.3) is 0 Å². The monoisotopic (exact) mass is 334 g/mol. The Hall–Kier alpha value is -2.06. The van der Waals surface area contributed by atoms with Gasteiger partial charge >= 0.3 is 0 Å². The van der Waals surface area contributed by atoms with Gasteiger partial charge in [-0.3, -0.25) is 0 Å². The maximum absolute atomic E-state index is 13.6. The van der Waals surface area contributed by atoms with Gasteiger partial charge in [-0.1, -0.05) is 0 Å². The zero-order chi connectivity index (χ0) is 14.5. The summed E-state index contributed by atoms with van der Waals surface area (Å²) < 4.78 is 19.7. The molecule has 1 N–H and O–H groups in total. The lowest BCUT2D eigenvalue weighted by atomic mass is 10.1. The molecular formula is C15H12BrFN2O. The van der Waals surface area contributed by atoms with Crippen LogP contribution in [0.1, 0.15) is 11.1 Å². The molecule has 0 aliphatic heterocycles. The smallest absolute Gasteiger partial charge is 0.135 e. The van der Waals surface area contributed by atoms with Gasteiger partial charge < -0.3 is 10.1 Å². The van der Waals surface area contributed by atoms with Gasteiger partial charge in [0.25, 0.3) is 0 Å².